The molecule has 0 aromatic heterocycles. The number of benzene rings is 6. The standard InChI is InChI=1S/C22H26ClFN2O4.C22H25ClFNO5.C15H20ClNO5.C7H6BrF.CH5N/c1-25-22(27)18-10-19(23)21(28-2)11-20(18)30-14-17-13-26(8-3-9-29-17)12-15-4-6-16(24)7-5-15;1-27-21-11-20(18(10-19(21)23)22(26)28-2)30-14-17-13-25(8-3-9-29-17)12-15-4-6-16(24)7-5-15;1-19-14-7-13(11(6-12(14)16)15(18)20-2)22-9-10-8-17-4-3-5-21-10;8-5-6-1-3-7(9)4-2-6;1-2/h4-7,10-11,17H,3,8-9,12-14H2,1-2H3,(H,25,27);4-7,10-11,17H,3,8-9,12-14H2,1-2H3;6-7,10,17H,3-5,8-9H2,1-2H3;1-4H,5H2;2H2,1H3. The molecule has 4 N–H and O–H groups in total. The Balaban J connectivity index is 0.000000236. The van der Waals surface area contributed by atoms with E-state index in [1.807, 2.05) is 0 Å². The summed E-state index contributed by atoms with van der Waals surface area (Å²) in [7, 11) is 10.2. The second kappa shape index (κ2) is 42.0. The number of nitrogens with two attached hydrogens (primary N) is 1. The average Bonchev–Trinajstić information content (AvgIpc) is 2.18. The van der Waals surface area contributed by atoms with E-state index in [0.717, 1.165) is 60.9 Å². The van der Waals surface area contributed by atoms with E-state index in [-0.39, 0.29) is 66.0 Å². The molecule has 1 amide bonds. The van der Waals surface area contributed by atoms with E-state index in [1.54, 1.807) is 61.6 Å². The molecule has 0 aliphatic carbocycles. The number of ether oxygens (including phenoxy) is 11. The van der Waals surface area contributed by atoms with Gasteiger partial charge in [-0.2, -0.15) is 0 Å². The van der Waals surface area contributed by atoms with Gasteiger partial charge in [0.25, 0.3) is 5.91 Å². The van der Waals surface area contributed by atoms with Gasteiger partial charge in [-0.3, -0.25) is 14.6 Å². The molecule has 6 aromatic carbocycles. The van der Waals surface area contributed by atoms with Crippen LogP contribution in [-0.2, 0) is 42.1 Å². The second-order valence-electron chi connectivity index (χ2n) is 20.7. The maximum absolute atomic E-state index is 13.2. The van der Waals surface area contributed by atoms with Crippen LogP contribution >= 0.6 is 50.7 Å². The topological polar surface area (TPSA) is 209 Å². The summed E-state index contributed by atoms with van der Waals surface area (Å²) in [5, 5.41) is 7.59. The molecule has 93 heavy (non-hydrogen) atoms. The van der Waals surface area contributed by atoms with Gasteiger partial charge in [-0.15, -0.1) is 0 Å². The maximum Gasteiger partial charge on any atom is 0.341 e. The first kappa shape index (κ1) is 77.1. The SMILES string of the molecule is CN.CNC(=O)c1cc(Cl)c(OC)cc1OCC1CN(Cc2ccc(F)cc2)CCCO1.COC(=O)c1cc(Cl)c(OC)cc1OCC1CN(Cc2ccc(F)cc2)CCCO1.COC(=O)c1cc(Cl)c(OC)cc1OCC1CNCCCO1.Fc1ccc(CBr)cc1. The lowest BCUT2D eigenvalue weighted by Gasteiger charge is -2.24. The number of alkyl halides is 1. The summed E-state index contributed by atoms with van der Waals surface area (Å²) in [6, 6.07) is 28.7. The van der Waals surface area contributed by atoms with Gasteiger partial charge in [0.1, 0.15) is 101 Å². The summed E-state index contributed by atoms with van der Waals surface area (Å²) >= 11 is 21.6. The van der Waals surface area contributed by atoms with Crippen molar-refractivity contribution in [1.82, 2.24) is 20.4 Å². The van der Waals surface area contributed by atoms with Crippen molar-refractivity contribution in [1.29, 1.82) is 0 Å². The first-order chi connectivity index (χ1) is 45.0. The molecule has 508 valence electrons. The van der Waals surface area contributed by atoms with E-state index < -0.39 is 11.9 Å². The third-order valence-corrected chi connectivity index (χ3v) is 15.7. The Labute approximate surface area is 565 Å². The minimum absolute atomic E-state index is 0.0744. The van der Waals surface area contributed by atoms with Crippen LogP contribution in [0.15, 0.2) is 109 Å². The van der Waals surface area contributed by atoms with Crippen LogP contribution in [0, 0.1) is 17.5 Å². The van der Waals surface area contributed by atoms with Gasteiger partial charge >= 0.3 is 11.9 Å². The van der Waals surface area contributed by atoms with Gasteiger partial charge in [0.15, 0.2) is 0 Å². The molecule has 19 nitrogen and oxygen atoms in total. The lowest BCUT2D eigenvalue weighted by atomic mass is 10.1. The summed E-state index contributed by atoms with van der Waals surface area (Å²) in [6.07, 6.45) is 2.32. The highest BCUT2D eigenvalue weighted by atomic mass is 79.9. The smallest absolute Gasteiger partial charge is 0.341 e. The number of esters is 2. The molecular weight excluding hydrogens is 1340 g/mol. The van der Waals surface area contributed by atoms with Gasteiger partial charge in [-0.1, -0.05) is 87.1 Å². The summed E-state index contributed by atoms with van der Waals surface area (Å²) in [4.78, 5) is 40.7. The maximum atomic E-state index is 13.2. The number of rotatable bonds is 20. The molecule has 0 saturated carbocycles. The highest BCUT2D eigenvalue weighted by Gasteiger charge is 2.26. The van der Waals surface area contributed by atoms with Crippen molar-refractivity contribution in [3.8, 4) is 34.5 Å². The predicted molar refractivity (Wildman–Crippen MR) is 355 cm³/mol. The quantitative estimate of drug-likeness (QED) is 0.0479. The zero-order valence-electron chi connectivity index (χ0n) is 53.2. The van der Waals surface area contributed by atoms with Crippen molar-refractivity contribution >= 4 is 68.6 Å². The molecule has 6 aromatic rings. The van der Waals surface area contributed by atoms with Crippen LogP contribution < -0.4 is 44.8 Å². The fourth-order valence-electron chi connectivity index (χ4n) is 9.41. The van der Waals surface area contributed by atoms with Crippen molar-refractivity contribution in [3.63, 3.8) is 0 Å². The number of methoxy groups -OCH3 is 5. The molecule has 3 unspecified atom stereocenters. The Hall–Kier alpha value is -6.61. The number of carbonyl (C=O) groups is 3. The molecule has 0 spiro atoms. The highest BCUT2D eigenvalue weighted by molar-refractivity contribution is 9.08. The first-order valence-corrected chi connectivity index (χ1v) is 32.0. The molecule has 26 heteroatoms. The lowest BCUT2D eigenvalue weighted by Crippen LogP contribution is -2.35. The third-order valence-electron chi connectivity index (χ3n) is 14.1. The number of hydrogen-bond acceptors (Lipinski definition) is 18. The van der Waals surface area contributed by atoms with Gasteiger partial charge in [-0.25, -0.2) is 22.8 Å². The van der Waals surface area contributed by atoms with Crippen LogP contribution in [0.1, 0.15) is 67.0 Å². The van der Waals surface area contributed by atoms with E-state index in [9.17, 15) is 27.6 Å². The molecular formula is C67H82BrCl3F3N5O14. The molecule has 3 atom stereocenters. The molecule has 9 rings (SSSR count). The molecule has 3 heterocycles. The van der Waals surface area contributed by atoms with Crippen molar-refractivity contribution in [2.24, 2.45) is 5.73 Å². The Bertz CT molecular complexity index is 3090. The lowest BCUT2D eigenvalue weighted by molar-refractivity contribution is 0.0194. The summed E-state index contributed by atoms with van der Waals surface area (Å²) < 4.78 is 98.9. The third kappa shape index (κ3) is 25.9. The van der Waals surface area contributed by atoms with Crippen molar-refractivity contribution in [2.45, 2.75) is 56.0 Å². The van der Waals surface area contributed by atoms with E-state index in [0.29, 0.717) is 114 Å². The van der Waals surface area contributed by atoms with Crippen molar-refractivity contribution in [2.75, 3.05) is 129 Å². The number of hydrogen-bond donors (Lipinski definition) is 3. The highest BCUT2D eigenvalue weighted by Crippen LogP contribution is 2.36. The van der Waals surface area contributed by atoms with Crippen molar-refractivity contribution in [3.05, 3.63) is 175 Å². The molecule has 3 aliphatic heterocycles. The van der Waals surface area contributed by atoms with Crippen LogP contribution in [0.3, 0.4) is 0 Å². The average molecular weight is 1420 g/mol. The minimum Gasteiger partial charge on any atom is -0.495 e. The zero-order chi connectivity index (χ0) is 67.7. The minimum atomic E-state index is -0.547. The Morgan fingerprint density at radius 1 is 0.538 bits per heavy atom. The largest absolute Gasteiger partial charge is 0.495 e. The second-order valence-corrected chi connectivity index (χ2v) is 22.5. The normalized spacial score (nSPS) is 16.5. The predicted octanol–water partition coefficient (Wildman–Crippen LogP) is 11.6. The van der Waals surface area contributed by atoms with Crippen LogP contribution in [0.25, 0.3) is 0 Å². The Kier molecular flexibility index (Phi) is 34.8. The van der Waals surface area contributed by atoms with Gasteiger partial charge in [0, 0.05) is 96.2 Å². The number of nitrogens with one attached hydrogen (secondary N) is 2. The van der Waals surface area contributed by atoms with E-state index in [2.05, 4.69) is 42.1 Å². The Morgan fingerprint density at radius 3 is 1.27 bits per heavy atom. The molecule has 0 bridgehead atoms. The number of nitrogens with zero attached hydrogens (tertiary/aromatic N) is 2. The summed E-state index contributed by atoms with van der Waals surface area (Å²) in [5.74, 6) is 0.305. The van der Waals surface area contributed by atoms with Crippen LogP contribution in [0.5, 0.6) is 34.5 Å². The van der Waals surface area contributed by atoms with Crippen LogP contribution in [0.4, 0.5) is 13.2 Å². The van der Waals surface area contributed by atoms with Gasteiger partial charge < -0.3 is 68.5 Å². The van der Waals surface area contributed by atoms with E-state index >= 15 is 0 Å². The van der Waals surface area contributed by atoms with Gasteiger partial charge in [0.2, 0.25) is 0 Å². The summed E-state index contributed by atoms with van der Waals surface area (Å²) in [6.45, 7) is 8.87. The van der Waals surface area contributed by atoms with Gasteiger partial charge in [-0.05, 0) is 104 Å². The molecule has 3 saturated heterocycles. The van der Waals surface area contributed by atoms with Crippen LogP contribution in [-0.4, -0.2) is 175 Å². The van der Waals surface area contributed by atoms with Crippen LogP contribution in [0.2, 0.25) is 15.1 Å². The Morgan fingerprint density at radius 2 is 0.892 bits per heavy atom. The zero-order valence-corrected chi connectivity index (χ0v) is 57.0. The van der Waals surface area contributed by atoms with E-state index in [4.69, 9.17) is 86.9 Å². The fourth-order valence-corrected chi connectivity index (χ4v) is 10.5. The fraction of sp³-hybridized carbons (Fsp3) is 0.418. The molecule has 3 aliphatic rings. The van der Waals surface area contributed by atoms with Gasteiger partial charge in [0.05, 0.1) is 56.2 Å². The number of carbonyl (C=O) groups excluding carboxylic acids is 3. The first-order valence-electron chi connectivity index (χ1n) is 29.7. The van der Waals surface area contributed by atoms with E-state index in [1.165, 1.54) is 97.2 Å². The molecule has 3 fully saturated rings. The summed E-state index contributed by atoms with van der Waals surface area (Å²) in [5.41, 5.74) is 8.49. The van der Waals surface area contributed by atoms with Crippen molar-refractivity contribution < 1.29 is 79.7 Å². The number of halogens is 7. The molecule has 0 radical (unpaired) electrons. The number of amides is 1. The monoisotopic (exact) mass is 1420 g/mol.